The summed E-state index contributed by atoms with van der Waals surface area (Å²) in [5.41, 5.74) is -0.318. The lowest BCUT2D eigenvalue weighted by Crippen LogP contribution is -2.18. The quantitative estimate of drug-likeness (QED) is 0.195. The first-order valence-electron chi connectivity index (χ1n) is 9.89. The number of esters is 1. The largest absolute Gasteiger partial charge is 0.458 e. The second-order valence-corrected chi connectivity index (χ2v) is 8.36. The number of rotatable bonds is 11. The van der Waals surface area contributed by atoms with Gasteiger partial charge in [0.1, 0.15) is 22.1 Å². The third kappa shape index (κ3) is 7.89. The SMILES string of the molecule is C=C/C(=C\C=C/CC)OC(/C=C/C(C#N)OC(=O)[C@@H]1[C@H](C=C(Cl)Cl)C1(C)C)=C/CC. The van der Waals surface area contributed by atoms with Gasteiger partial charge in [-0.25, -0.2) is 0 Å². The van der Waals surface area contributed by atoms with E-state index in [9.17, 15) is 10.1 Å². The zero-order valence-corrected chi connectivity index (χ0v) is 19.4. The lowest BCUT2D eigenvalue weighted by atomic mass is 10.1. The van der Waals surface area contributed by atoms with Gasteiger partial charge in [-0.05, 0) is 60.6 Å². The second kappa shape index (κ2) is 12.5. The molecule has 0 aromatic carbocycles. The molecule has 1 saturated carbocycles. The summed E-state index contributed by atoms with van der Waals surface area (Å²) in [5.74, 6) is 0.143. The van der Waals surface area contributed by atoms with Crippen molar-refractivity contribution in [1.82, 2.24) is 0 Å². The first kappa shape index (κ1) is 25.8. The Morgan fingerprint density at radius 2 is 1.97 bits per heavy atom. The molecule has 0 amide bonds. The molecule has 0 N–H and O–H groups in total. The van der Waals surface area contributed by atoms with Gasteiger partial charge < -0.3 is 9.47 Å². The van der Waals surface area contributed by atoms with E-state index in [4.69, 9.17) is 32.7 Å². The summed E-state index contributed by atoms with van der Waals surface area (Å²) in [6.07, 6.45) is 14.5. The minimum Gasteiger partial charge on any atom is -0.458 e. The Morgan fingerprint density at radius 1 is 1.27 bits per heavy atom. The van der Waals surface area contributed by atoms with Crippen LogP contribution in [0, 0.1) is 28.6 Å². The first-order chi connectivity index (χ1) is 14.2. The maximum atomic E-state index is 12.5. The summed E-state index contributed by atoms with van der Waals surface area (Å²) in [6.45, 7) is 11.6. The molecule has 30 heavy (non-hydrogen) atoms. The maximum absolute atomic E-state index is 12.5. The smallest absolute Gasteiger partial charge is 0.311 e. The van der Waals surface area contributed by atoms with Crippen molar-refractivity contribution < 1.29 is 14.3 Å². The molecule has 0 heterocycles. The zero-order valence-electron chi connectivity index (χ0n) is 17.9. The van der Waals surface area contributed by atoms with Gasteiger partial charge in [-0.3, -0.25) is 4.79 Å². The zero-order chi connectivity index (χ0) is 22.7. The molecule has 1 aliphatic carbocycles. The predicted octanol–water partition coefficient (Wildman–Crippen LogP) is 6.92. The molecular weight excluding hydrogens is 421 g/mol. The van der Waals surface area contributed by atoms with E-state index < -0.39 is 18.0 Å². The standard InChI is InChI=1S/C24H29Cl2NO3/c1-6-9-10-12-17(8-3)29-18(11-7-2)13-14-19(16-27)30-23(28)22-20(15-21(25)26)24(22,4)5/h8-15,19-20,22H,3,6-7H2,1-2,4-5H3/b10-9-,14-13+,17-12+,18-11+/t19?,20-,22-/m0/s1. The Labute approximate surface area is 189 Å². The number of hydrogen-bond donors (Lipinski definition) is 0. The van der Waals surface area contributed by atoms with Gasteiger partial charge in [0.05, 0.1) is 5.92 Å². The molecule has 0 aromatic heterocycles. The van der Waals surface area contributed by atoms with E-state index in [1.165, 1.54) is 6.08 Å². The van der Waals surface area contributed by atoms with Crippen LogP contribution in [-0.4, -0.2) is 12.1 Å². The molecule has 0 saturated heterocycles. The Hall–Kier alpha value is -2.22. The van der Waals surface area contributed by atoms with Crippen LogP contribution < -0.4 is 0 Å². The van der Waals surface area contributed by atoms with Gasteiger partial charge in [0, 0.05) is 0 Å². The molecule has 0 bridgehead atoms. The van der Waals surface area contributed by atoms with Crippen LogP contribution in [0.1, 0.15) is 40.5 Å². The minimum atomic E-state index is -1.04. The van der Waals surface area contributed by atoms with Crippen molar-refractivity contribution >= 4 is 29.2 Å². The topological polar surface area (TPSA) is 59.3 Å². The number of carbonyl (C=O) groups is 1. The van der Waals surface area contributed by atoms with Gasteiger partial charge in [0.2, 0.25) is 6.10 Å². The molecule has 3 atom stereocenters. The van der Waals surface area contributed by atoms with Crippen LogP contribution in [0.4, 0.5) is 0 Å². The van der Waals surface area contributed by atoms with Crippen molar-refractivity contribution in [2.75, 3.05) is 0 Å². The number of halogens is 2. The maximum Gasteiger partial charge on any atom is 0.311 e. The van der Waals surface area contributed by atoms with Crippen molar-refractivity contribution in [2.45, 2.75) is 46.6 Å². The highest BCUT2D eigenvalue weighted by atomic mass is 35.5. The number of nitrogens with zero attached hydrogens (tertiary/aromatic N) is 1. The molecule has 0 radical (unpaired) electrons. The van der Waals surface area contributed by atoms with Crippen LogP contribution in [0.25, 0.3) is 0 Å². The van der Waals surface area contributed by atoms with Crippen molar-refractivity contribution in [3.8, 4) is 6.07 Å². The lowest BCUT2D eigenvalue weighted by molar-refractivity contribution is -0.147. The molecule has 1 unspecified atom stereocenters. The van der Waals surface area contributed by atoms with E-state index in [0.717, 1.165) is 12.8 Å². The molecular formula is C24H29Cl2NO3. The van der Waals surface area contributed by atoms with Crippen LogP contribution >= 0.6 is 23.2 Å². The fraction of sp³-hybridized carbons (Fsp3) is 0.417. The molecule has 0 aromatic rings. The van der Waals surface area contributed by atoms with Gasteiger partial charge >= 0.3 is 5.97 Å². The summed E-state index contributed by atoms with van der Waals surface area (Å²) >= 11 is 11.5. The van der Waals surface area contributed by atoms with Gasteiger partial charge in [0.15, 0.2) is 0 Å². The molecule has 1 fully saturated rings. The highest BCUT2D eigenvalue weighted by Gasteiger charge is 2.61. The molecule has 0 aliphatic heterocycles. The highest BCUT2D eigenvalue weighted by molar-refractivity contribution is 6.55. The van der Waals surface area contributed by atoms with E-state index in [1.807, 2.05) is 52.0 Å². The van der Waals surface area contributed by atoms with E-state index >= 15 is 0 Å². The Balaban J connectivity index is 2.84. The van der Waals surface area contributed by atoms with Gasteiger partial charge in [-0.2, -0.15) is 5.26 Å². The number of allylic oxidation sites excluding steroid dienone is 7. The van der Waals surface area contributed by atoms with Gasteiger partial charge in [-0.1, -0.05) is 69.6 Å². The van der Waals surface area contributed by atoms with Crippen molar-refractivity contribution in [3.63, 3.8) is 0 Å². The Bertz CT molecular complexity index is 809. The second-order valence-electron chi connectivity index (χ2n) is 7.35. The van der Waals surface area contributed by atoms with E-state index in [0.29, 0.717) is 11.5 Å². The summed E-state index contributed by atoms with van der Waals surface area (Å²) < 4.78 is 11.3. The van der Waals surface area contributed by atoms with Crippen LogP contribution in [0.3, 0.4) is 0 Å². The Kier molecular flexibility index (Phi) is 10.7. The number of hydrogen-bond acceptors (Lipinski definition) is 4. The van der Waals surface area contributed by atoms with E-state index in [1.54, 1.807) is 24.3 Å². The average molecular weight is 450 g/mol. The average Bonchev–Trinajstić information content (AvgIpc) is 3.23. The van der Waals surface area contributed by atoms with Crippen LogP contribution in [0.15, 0.2) is 71.2 Å². The third-order valence-corrected chi connectivity index (χ3v) is 5.00. The summed E-state index contributed by atoms with van der Waals surface area (Å²) in [7, 11) is 0. The lowest BCUT2D eigenvalue weighted by Gasteiger charge is -2.10. The van der Waals surface area contributed by atoms with Crippen LogP contribution in [0.5, 0.6) is 0 Å². The summed E-state index contributed by atoms with van der Waals surface area (Å²) in [6, 6.07) is 1.98. The fourth-order valence-electron chi connectivity index (χ4n) is 2.99. The van der Waals surface area contributed by atoms with Crippen molar-refractivity contribution in [2.24, 2.45) is 17.3 Å². The monoisotopic (exact) mass is 449 g/mol. The van der Waals surface area contributed by atoms with Crippen LogP contribution in [0.2, 0.25) is 0 Å². The summed E-state index contributed by atoms with van der Waals surface area (Å²) in [5, 5.41) is 9.40. The number of carbonyl (C=O) groups excluding carboxylic acids is 1. The molecule has 162 valence electrons. The van der Waals surface area contributed by atoms with E-state index in [2.05, 4.69) is 6.58 Å². The van der Waals surface area contributed by atoms with Crippen LogP contribution in [-0.2, 0) is 14.3 Å². The fourth-order valence-corrected chi connectivity index (χ4v) is 3.26. The van der Waals surface area contributed by atoms with Gasteiger partial charge in [-0.15, -0.1) is 0 Å². The van der Waals surface area contributed by atoms with E-state index in [-0.39, 0.29) is 15.8 Å². The third-order valence-electron chi connectivity index (χ3n) is 4.75. The predicted molar refractivity (Wildman–Crippen MR) is 122 cm³/mol. The molecule has 1 rings (SSSR count). The number of nitriles is 1. The molecule has 4 nitrogen and oxygen atoms in total. The number of ether oxygens (including phenoxy) is 2. The highest BCUT2D eigenvalue weighted by Crippen LogP contribution is 2.60. The first-order valence-corrected chi connectivity index (χ1v) is 10.6. The van der Waals surface area contributed by atoms with Gasteiger partial charge in [0.25, 0.3) is 0 Å². The minimum absolute atomic E-state index is 0.117. The normalized spacial score (nSPS) is 21.8. The molecule has 6 heteroatoms. The molecule has 0 spiro atoms. The Morgan fingerprint density at radius 3 is 2.50 bits per heavy atom. The molecule has 1 aliphatic rings. The summed E-state index contributed by atoms with van der Waals surface area (Å²) in [4.78, 5) is 12.5. The van der Waals surface area contributed by atoms with Crippen molar-refractivity contribution in [1.29, 1.82) is 5.26 Å². The van der Waals surface area contributed by atoms with Crippen molar-refractivity contribution in [3.05, 3.63) is 71.2 Å².